The molecule has 3 rings (SSSR count). The van der Waals surface area contributed by atoms with Gasteiger partial charge in [-0.25, -0.2) is 4.79 Å². The molecule has 0 spiro atoms. The molecule has 4 amide bonds. The molecule has 0 aliphatic carbocycles. The van der Waals surface area contributed by atoms with Crippen LogP contribution < -0.4 is 15.4 Å². The highest BCUT2D eigenvalue weighted by molar-refractivity contribution is 5.99. The van der Waals surface area contributed by atoms with Gasteiger partial charge in [0.05, 0.1) is 36.8 Å². The van der Waals surface area contributed by atoms with E-state index in [9.17, 15) is 32.7 Å². The zero-order chi connectivity index (χ0) is 34.9. The van der Waals surface area contributed by atoms with Crippen molar-refractivity contribution in [3.8, 4) is 5.75 Å². The number of aryl methyl sites for hydroxylation is 2. The number of halogens is 3. The van der Waals surface area contributed by atoms with Gasteiger partial charge in [-0.1, -0.05) is 12.1 Å². The number of aromatic nitrogens is 1. The number of urea groups is 1. The third-order valence-corrected chi connectivity index (χ3v) is 8.04. The summed E-state index contributed by atoms with van der Waals surface area (Å²) in [7, 11) is 1.63. The minimum atomic E-state index is -4.48. The Kier molecular flexibility index (Phi) is 13.5. The highest BCUT2D eigenvalue weighted by Crippen LogP contribution is 2.29. The molecule has 1 aromatic carbocycles. The van der Waals surface area contributed by atoms with E-state index in [-0.39, 0.29) is 48.7 Å². The van der Waals surface area contributed by atoms with Crippen molar-refractivity contribution < 1.29 is 46.7 Å². The molecule has 0 saturated heterocycles. The number of carbonyl (C=O) groups is 3. The molecular formula is C32H46F3N5O7. The van der Waals surface area contributed by atoms with E-state index >= 15 is 0 Å². The first kappa shape index (κ1) is 37.6. The lowest BCUT2D eigenvalue weighted by Crippen LogP contribution is -2.48. The summed E-state index contributed by atoms with van der Waals surface area (Å²) in [4.78, 5) is 42.5. The van der Waals surface area contributed by atoms with Crippen LogP contribution in [0, 0.1) is 19.8 Å². The van der Waals surface area contributed by atoms with Gasteiger partial charge in [0.1, 0.15) is 17.1 Å². The van der Waals surface area contributed by atoms with Crippen molar-refractivity contribution in [2.75, 3.05) is 44.0 Å². The number of nitrogens with one attached hydrogen (secondary N) is 2. The van der Waals surface area contributed by atoms with Gasteiger partial charge in [0.15, 0.2) is 5.76 Å². The number of aliphatic hydroxyl groups is 1. The summed E-state index contributed by atoms with van der Waals surface area (Å²) in [6.07, 6.45) is -5.19. The molecule has 2 aromatic rings. The molecule has 1 aliphatic heterocycles. The number of benzene rings is 1. The predicted octanol–water partition coefficient (Wildman–Crippen LogP) is 5.53. The van der Waals surface area contributed by atoms with E-state index in [1.165, 1.54) is 28.0 Å². The van der Waals surface area contributed by atoms with Crippen LogP contribution in [0.1, 0.15) is 74.7 Å². The molecule has 0 saturated carbocycles. The molecule has 3 N–H and O–H groups in total. The Hall–Kier alpha value is -3.85. The number of aliphatic hydroxyl groups excluding tert-OH is 1. The number of alkyl halides is 3. The van der Waals surface area contributed by atoms with Crippen LogP contribution in [0.3, 0.4) is 0 Å². The van der Waals surface area contributed by atoms with Gasteiger partial charge in [0, 0.05) is 44.8 Å². The Balaban J connectivity index is 1.89. The number of carbonyl (C=O) groups excluding carboxylic acids is 3. The first-order valence-electron chi connectivity index (χ1n) is 15.7. The van der Waals surface area contributed by atoms with E-state index < -0.39 is 49.0 Å². The van der Waals surface area contributed by atoms with Crippen LogP contribution in [0.5, 0.6) is 5.75 Å². The summed E-state index contributed by atoms with van der Waals surface area (Å²) < 4.78 is 55.6. The van der Waals surface area contributed by atoms with Gasteiger partial charge in [-0.3, -0.25) is 9.59 Å². The quantitative estimate of drug-likeness (QED) is 0.333. The smallest absolute Gasteiger partial charge is 0.389 e. The number of rotatable bonds is 8. The van der Waals surface area contributed by atoms with Crippen molar-refractivity contribution in [3.05, 3.63) is 35.2 Å². The monoisotopic (exact) mass is 669 g/mol. The van der Waals surface area contributed by atoms with Gasteiger partial charge in [-0.15, -0.1) is 0 Å². The molecule has 262 valence electrons. The first-order valence-corrected chi connectivity index (χ1v) is 15.7. The molecule has 0 fully saturated rings. The van der Waals surface area contributed by atoms with E-state index in [0.717, 1.165) is 12.8 Å². The molecule has 1 aromatic heterocycles. The Morgan fingerprint density at radius 1 is 1.19 bits per heavy atom. The van der Waals surface area contributed by atoms with Crippen LogP contribution in [-0.4, -0.2) is 95.7 Å². The lowest BCUT2D eigenvalue weighted by Gasteiger charge is -2.35. The second-order valence-corrected chi connectivity index (χ2v) is 12.2. The number of nitrogens with zero attached hydrogens (tertiary/aromatic N) is 3. The molecule has 1 aliphatic rings. The number of fused-ring (bicyclic) bond motifs is 1. The fraction of sp³-hybridized carbons (Fsp3) is 0.625. The second kappa shape index (κ2) is 16.8. The van der Waals surface area contributed by atoms with E-state index in [0.29, 0.717) is 30.2 Å². The second-order valence-electron chi connectivity index (χ2n) is 12.2. The number of hydrogen-bond acceptors (Lipinski definition) is 8. The molecule has 0 unspecified atom stereocenters. The van der Waals surface area contributed by atoms with Crippen molar-refractivity contribution in [2.45, 2.75) is 91.1 Å². The predicted molar refractivity (Wildman–Crippen MR) is 168 cm³/mol. The first-order chi connectivity index (χ1) is 22.1. The van der Waals surface area contributed by atoms with Crippen molar-refractivity contribution in [2.24, 2.45) is 5.92 Å². The van der Waals surface area contributed by atoms with Crippen molar-refractivity contribution >= 4 is 29.2 Å². The number of amides is 4. The molecule has 0 bridgehead atoms. The van der Waals surface area contributed by atoms with Gasteiger partial charge < -0.3 is 39.5 Å². The lowest BCUT2D eigenvalue weighted by molar-refractivity contribution is -0.142. The fourth-order valence-corrected chi connectivity index (χ4v) is 5.16. The summed E-state index contributed by atoms with van der Waals surface area (Å²) in [6.45, 7) is 9.22. The largest absolute Gasteiger partial charge is 0.490 e. The van der Waals surface area contributed by atoms with Crippen LogP contribution in [0.2, 0.25) is 0 Å². The maximum atomic E-state index is 14.2. The molecule has 15 heteroatoms. The van der Waals surface area contributed by atoms with E-state index in [4.69, 9.17) is 14.0 Å². The minimum absolute atomic E-state index is 0.0865. The summed E-state index contributed by atoms with van der Waals surface area (Å²) in [5, 5.41) is 19.2. The van der Waals surface area contributed by atoms with E-state index in [2.05, 4.69) is 15.8 Å². The van der Waals surface area contributed by atoms with Crippen LogP contribution in [0.4, 0.5) is 29.3 Å². The van der Waals surface area contributed by atoms with Crippen molar-refractivity contribution in [3.63, 3.8) is 0 Å². The Morgan fingerprint density at radius 3 is 2.55 bits per heavy atom. The minimum Gasteiger partial charge on any atom is -0.490 e. The van der Waals surface area contributed by atoms with Crippen LogP contribution >= 0.6 is 0 Å². The Morgan fingerprint density at radius 2 is 1.91 bits per heavy atom. The van der Waals surface area contributed by atoms with E-state index in [1.807, 2.05) is 13.8 Å². The van der Waals surface area contributed by atoms with Gasteiger partial charge in [-0.05, 0) is 65.2 Å². The molecule has 2 heterocycles. The zero-order valence-electron chi connectivity index (χ0n) is 27.8. The molecule has 12 nitrogen and oxygen atoms in total. The summed E-state index contributed by atoms with van der Waals surface area (Å²) in [5.41, 5.74) is 1.25. The van der Waals surface area contributed by atoms with Gasteiger partial charge in [0.25, 0.3) is 5.91 Å². The average molecular weight is 670 g/mol. The SMILES string of the molecule is Cc1noc(C)c1NC(=O)N(C)C[C@H]1OCCCC[C@@H](C)Oc2ccc(NC(=O)CCC(F)(F)F)cc2C(=O)N([C@H](C)CO)C[C@@H]1C. The highest BCUT2D eigenvalue weighted by atomic mass is 19.4. The summed E-state index contributed by atoms with van der Waals surface area (Å²) >= 11 is 0. The van der Waals surface area contributed by atoms with Crippen LogP contribution in [-0.2, 0) is 9.53 Å². The topological polar surface area (TPSA) is 146 Å². The molecule has 47 heavy (non-hydrogen) atoms. The zero-order valence-corrected chi connectivity index (χ0v) is 27.8. The van der Waals surface area contributed by atoms with Crippen LogP contribution in [0.15, 0.2) is 22.7 Å². The molecule has 4 atom stereocenters. The van der Waals surface area contributed by atoms with Gasteiger partial charge >= 0.3 is 12.2 Å². The van der Waals surface area contributed by atoms with Crippen molar-refractivity contribution in [1.82, 2.24) is 15.0 Å². The lowest BCUT2D eigenvalue weighted by atomic mass is 10.0. The van der Waals surface area contributed by atoms with Crippen molar-refractivity contribution in [1.29, 1.82) is 0 Å². The maximum absolute atomic E-state index is 14.2. The Labute approximate surface area is 272 Å². The third-order valence-electron chi connectivity index (χ3n) is 8.04. The maximum Gasteiger partial charge on any atom is 0.389 e. The standard InChI is InChI=1S/C32H46F3N5O7/c1-19-16-40(20(2)18-41)30(43)25-15-24(36-28(42)12-13-32(33,34)35)10-11-26(25)46-21(3)9-7-8-14-45-27(19)17-39(6)31(44)37-29-22(4)38-47-23(29)5/h10-11,15,19-21,27,41H,7-9,12-14,16-18H2,1-6H3,(H,36,42)(H,37,44)/t19-,20+,21+,27+/m0/s1. The summed E-state index contributed by atoms with van der Waals surface area (Å²) in [6, 6.07) is 3.33. The third kappa shape index (κ3) is 11.1. The molecule has 0 radical (unpaired) electrons. The Bertz CT molecular complexity index is 1350. The number of anilines is 2. The number of ether oxygens (including phenoxy) is 2. The average Bonchev–Trinajstić information content (AvgIpc) is 3.33. The highest BCUT2D eigenvalue weighted by Gasteiger charge is 2.32. The number of likely N-dealkylation sites (N-methyl/N-ethyl adjacent to an activating group) is 1. The van der Waals surface area contributed by atoms with Gasteiger partial charge in [0.2, 0.25) is 5.91 Å². The normalized spacial score (nSPS) is 20.4. The van der Waals surface area contributed by atoms with E-state index in [1.54, 1.807) is 27.8 Å². The summed E-state index contributed by atoms with van der Waals surface area (Å²) in [5.74, 6) is -0.951. The van der Waals surface area contributed by atoms with Gasteiger partial charge in [-0.2, -0.15) is 13.2 Å². The number of hydrogen-bond donors (Lipinski definition) is 3. The molecular weight excluding hydrogens is 623 g/mol. The fourth-order valence-electron chi connectivity index (χ4n) is 5.16. The van der Waals surface area contributed by atoms with Crippen LogP contribution in [0.25, 0.3) is 0 Å².